The van der Waals surface area contributed by atoms with E-state index in [4.69, 9.17) is 0 Å². The minimum atomic E-state index is 0.0590. The van der Waals surface area contributed by atoms with Crippen LogP contribution in [0.2, 0.25) is 0 Å². The summed E-state index contributed by atoms with van der Waals surface area (Å²) in [5.74, 6) is 1.51. The average Bonchev–Trinajstić information content (AvgIpc) is 2.13. The highest BCUT2D eigenvalue weighted by Gasteiger charge is 2.21. The highest BCUT2D eigenvalue weighted by Crippen LogP contribution is 2.34. The molecule has 0 bridgehead atoms. The van der Waals surface area contributed by atoms with Gasteiger partial charge in [-0.15, -0.1) is 0 Å². The lowest BCUT2D eigenvalue weighted by Crippen LogP contribution is -2.15. The van der Waals surface area contributed by atoms with Crippen LogP contribution in [0.4, 0.5) is 4.39 Å². The van der Waals surface area contributed by atoms with Crippen molar-refractivity contribution in [1.29, 1.82) is 0 Å². The molecule has 0 aromatic rings. The Bertz CT molecular complexity index is 166. The Hall–Kier alpha value is -0.330. The summed E-state index contributed by atoms with van der Waals surface area (Å²) in [6.07, 6.45) is 3.12. The van der Waals surface area contributed by atoms with Gasteiger partial charge in [-0.05, 0) is 43.6 Å². The highest BCUT2D eigenvalue weighted by atomic mass is 19.1. The number of hydrogen-bond acceptors (Lipinski definition) is 0. The fraction of sp³-hybridized carbons (Fsp3) is 0.833. The van der Waals surface area contributed by atoms with Crippen LogP contribution in [0, 0.1) is 11.8 Å². The lowest BCUT2D eigenvalue weighted by atomic mass is 9.79. The largest absolute Gasteiger partial charge is 0.212 e. The molecule has 0 radical (unpaired) electrons. The van der Waals surface area contributed by atoms with Crippen molar-refractivity contribution in [3.63, 3.8) is 0 Å². The molecule has 0 aromatic heterocycles. The van der Waals surface area contributed by atoms with E-state index in [0.29, 0.717) is 5.92 Å². The van der Waals surface area contributed by atoms with E-state index in [1.54, 1.807) is 6.92 Å². The van der Waals surface area contributed by atoms with Gasteiger partial charge in [-0.3, -0.25) is 0 Å². The van der Waals surface area contributed by atoms with Gasteiger partial charge >= 0.3 is 0 Å². The summed E-state index contributed by atoms with van der Waals surface area (Å²) < 4.78 is 12.8. The Morgan fingerprint density at radius 1 is 1.23 bits per heavy atom. The van der Waals surface area contributed by atoms with Crippen LogP contribution >= 0.6 is 0 Å². The van der Waals surface area contributed by atoms with Gasteiger partial charge in [0, 0.05) is 0 Å². The van der Waals surface area contributed by atoms with E-state index < -0.39 is 0 Å². The van der Waals surface area contributed by atoms with Crippen LogP contribution in [0.25, 0.3) is 0 Å². The van der Waals surface area contributed by atoms with E-state index in [0.717, 1.165) is 30.8 Å². The second-order valence-electron chi connectivity index (χ2n) is 3.83. The topological polar surface area (TPSA) is 0 Å². The van der Waals surface area contributed by atoms with Crippen LogP contribution in [-0.4, -0.2) is 0 Å². The third-order valence-corrected chi connectivity index (χ3v) is 2.93. The molecule has 1 heteroatoms. The molecule has 13 heavy (non-hydrogen) atoms. The van der Waals surface area contributed by atoms with Crippen molar-refractivity contribution in [3.8, 4) is 0 Å². The van der Waals surface area contributed by atoms with Gasteiger partial charge in [0.25, 0.3) is 0 Å². The van der Waals surface area contributed by atoms with Gasteiger partial charge in [0.1, 0.15) is 0 Å². The number of rotatable bonds is 0. The minimum absolute atomic E-state index is 0.0590. The van der Waals surface area contributed by atoms with Gasteiger partial charge in [-0.1, -0.05) is 27.7 Å². The first-order valence-corrected chi connectivity index (χ1v) is 5.45. The normalized spacial score (nSPS) is 31.8. The molecule has 0 saturated heterocycles. The molecule has 0 nitrogen and oxygen atoms in total. The molecule has 0 heterocycles. The molecule has 1 aliphatic rings. The second-order valence-corrected chi connectivity index (χ2v) is 3.83. The van der Waals surface area contributed by atoms with Crippen molar-refractivity contribution < 1.29 is 4.39 Å². The number of halogens is 1. The van der Waals surface area contributed by atoms with E-state index in [9.17, 15) is 4.39 Å². The van der Waals surface area contributed by atoms with Gasteiger partial charge in [0.15, 0.2) is 0 Å². The predicted octanol–water partition coefficient (Wildman–Crippen LogP) is 4.71. The summed E-state index contributed by atoms with van der Waals surface area (Å²) in [5, 5.41) is 0. The van der Waals surface area contributed by atoms with Crippen LogP contribution in [0.5, 0.6) is 0 Å². The first kappa shape index (κ1) is 12.7. The lowest BCUT2D eigenvalue weighted by molar-refractivity contribution is 0.317. The van der Waals surface area contributed by atoms with E-state index in [2.05, 4.69) is 13.8 Å². The fourth-order valence-electron chi connectivity index (χ4n) is 1.69. The summed E-state index contributed by atoms with van der Waals surface area (Å²) in [4.78, 5) is 0. The minimum Gasteiger partial charge on any atom is -0.212 e. The van der Waals surface area contributed by atoms with E-state index >= 15 is 0 Å². The molecule has 0 N–H and O–H groups in total. The van der Waals surface area contributed by atoms with Gasteiger partial charge in [0.05, 0.1) is 5.83 Å². The molecule has 1 fully saturated rings. The van der Waals surface area contributed by atoms with Crippen molar-refractivity contribution >= 4 is 0 Å². The van der Waals surface area contributed by atoms with Crippen LogP contribution in [0.1, 0.15) is 53.9 Å². The molecule has 0 aliphatic heterocycles. The van der Waals surface area contributed by atoms with Crippen LogP contribution in [0.3, 0.4) is 0 Å². The summed E-state index contributed by atoms with van der Waals surface area (Å²) in [7, 11) is 0. The molecule has 1 aliphatic carbocycles. The monoisotopic (exact) mass is 186 g/mol. The Labute approximate surface area is 82.2 Å². The molecule has 2 unspecified atom stereocenters. The fourth-order valence-corrected chi connectivity index (χ4v) is 1.69. The van der Waals surface area contributed by atoms with Crippen molar-refractivity contribution in [2.45, 2.75) is 53.9 Å². The second kappa shape index (κ2) is 6.17. The van der Waals surface area contributed by atoms with Crippen molar-refractivity contribution in [1.82, 2.24) is 0 Å². The van der Waals surface area contributed by atoms with Crippen molar-refractivity contribution in [3.05, 3.63) is 11.4 Å². The predicted molar refractivity (Wildman–Crippen MR) is 57.3 cm³/mol. The molecular formula is C12H23F. The zero-order chi connectivity index (χ0) is 10.4. The summed E-state index contributed by atoms with van der Waals surface area (Å²) in [5.41, 5.74) is 1.05. The van der Waals surface area contributed by atoms with Crippen LogP contribution in [0.15, 0.2) is 11.4 Å². The van der Waals surface area contributed by atoms with E-state index in [1.807, 2.05) is 13.8 Å². The Morgan fingerprint density at radius 2 is 1.77 bits per heavy atom. The van der Waals surface area contributed by atoms with E-state index in [-0.39, 0.29) is 5.83 Å². The highest BCUT2D eigenvalue weighted by molar-refractivity contribution is 5.09. The van der Waals surface area contributed by atoms with Gasteiger partial charge < -0.3 is 0 Å². The Kier molecular flexibility index (Phi) is 6.02. The molecule has 78 valence electrons. The van der Waals surface area contributed by atoms with Gasteiger partial charge in [-0.25, -0.2) is 4.39 Å². The maximum absolute atomic E-state index is 12.8. The zero-order valence-electron chi connectivity index (χ0n) is 9.65. The first-order valence-electron chi connectivity index (χ1n) is 5.45. The Morgan fingerprint density at radius 3 is 2.15 bits per heavy atom. The Balaban J connectivity index is 0.000000671. The van der Waals surface area contributed by atoms with Gasteiger partial charge in [0.2, 0.25) is 0 Å². The van der Waals surface area contributed by atoms with Crippen LogP contribution in [-0.2, 0) is 0 Å². The smallest absolute Gasteiger partial charge is 0.0960 e. The van der Waals surface area contributed by atoms with Crippen molar-refractivity contribution in [2.24, 2.45) is 11.8 Å². The summed E-state index contributed by atoms with van der Waals surface area (Å²) in [6.45, 7) is 10.1. The molecule has 1 rings (SSSR count). The lowest BCUT2D eigenvalue weighted by Gasteiger charge is -2.27. The zero-order valence-corrected chi connectivity index (χ0v) is 9.65. The third-order valence-electron chi connectivity index (χ3n) is 2.93. The molecular weight excluding hydrogens is 163 g/mol. The summed E-state index contributed by atoms with van der Waals surface area (Å²) >= 11 is 0. The molecule has 1 saturated carbocycles. The maximum Gasteiger partial charge on any atom is 0.0960 e. The standard InChI is InChI=1S/C10H17F.C2H6/c1-7-4-5-10(9(3)11)6-8(7)2;1-2/h7-8H,4-6H2,1-3H3;1-2H3/b10-9+;. The quantitative estimate of drug-likeness (QED) is 0.514. The maximum atomic E-state index is 12.8. The molecule has 0 amide bonds. The number of hydrogen-bond donors (Lipinski definition) is 0. The average molecular weight is 186 g/mol. The third kappa shape index (κ3) is 3.93. The number of allylic oxidation sites excluding steroid dienone is 2. The molecule has 0 spiro atoms. The van der Waals surface area contributed by atoms with Gasteiger partial charge in [-0.2, -0.15) is 0 Å². The van der Waals surface area contributed by atoms with Crippen molar-refractivity contribution in [2.75, 3.05) is 0 Å². The molecule has 2 atom stereocenters. The first-order chi connectivity index (χ1) is 6.11. The van der Waals surface area contributed by atoms with E-state index in [1.165, 1.54) is 0 Å². The van der Waals surface area contributed by atoms with Crippen LogP contribution < -0.4 is 0 Å². The molecule has 0 aromatic carbocycles. The summed E-state index contributed by atoms with van der Waals surface area (Å²) in [6, 6.07) is 0. The SMILES string of the molecule is C/C(F)=C1/CCC(C)C(C)C1.CC.